The largest absolute Gasteiger partial charge is 0.467 e. The number of carbonyl (C=O) groups is 1. The SMILES string of the molecule is COC(=O)C1O[C@H](OCC2O[C@H](O)C(OCc3ccccc3)C(OCc3ccccc3)[C@@H]2O)C(OCc2ccccc2)C(OCc2ccccc2)[C@@H]1O. The van der Waals surface area contributed by atoms with Gasteiger partial charge in [0.1, 0.15) is 42.7 Å². The second-order valence-corrected chi connectivity index (χ2v) is 12.9. The van der Waals surface area contributed by atoms with Crippen LogP contribution in [0, 0.1) is 0 Å². The van der Waals surface area contributed by atoms with E-state index in [9.17, 15) is 20.1 Å². The maximum absolute atomic E-state index is 12.9. The summed E-state index contributed by atoms with van der Waals surface area (Å²) < 4.78 is 48.0. The topological polar surface area (TPSA) is 152 Å². The lowest BCUT2D eigenvalue weighted by molar-refractivity contribution is -0.338. The number of esters is 1. The van der Waals surface area contributed by atoms with Gasteiger partial charge in [0.2, 0.25) is 0 Å². The fraction of sp³-hybridized carbons (Fsp3) is 0.390. The van der Waals surface area contributed by atoms with E-state index in [-0.39, 0.29) is 33.0 Å². The molecule has 12 heteroatoms. The molecule has 282 valence electrons. The Morgan fingerprint density at radius 1 is 0.528 bits per heavy atom. The minimum Gasteiger partial charge on any atom is -0.467 e. The Bertz CT molecular complexity index is 1650. The van der Waals surface area contributed by atoms with E-state index in [0.29, 0.717) is 0 Å². The molecule has 3 N–H and O–H groups in total. The van der Waals surface area contributed by atoms with E-state index in [1.807, 2.05) is 121 Å². The molecule has 2 heterocycles. The summed E-state index contributed by atoms with van der Waals surface area (Å²) in [6.45, 7) is 0.139. The van der Waals surface area contributed by atoms with E-state index >= 15 is 0 Å². The molecule has 12 nitrogen and oxygen atoms in total. The molecule has 0 amide bonds. The van der Waals surface area contributed by atoms with E-state index in [1.165, 1.54) is 7.11 Å². The number of ether oxygens (including phenoxy) is 8. The summed E-state index contributed by atoms with van der Waals surface area (Å²) in [4.78, 5) is 12.9. The Hall–Kier alpha value is -4.05. The molecule has 53 heavy (non-hydrogen) atoms. The van der Waals surface area contributed by atoms with Crippen molar-refractivity contribution < 1.29 is 58.0 Å². The minimum atomic E-state index is -1.50. The number of rotatable bonds is 16. The molecule has 6 unspecified atom stereocenters. The Kier molecular flexibility index (Phi) is 14.1. The average Bonchev–Trinajstić information content (AvgIpc) is 3.20. The molecule has 0 spiro atoms. The first-order valence-corrected chi connectivity index (χ1v) is 17.6. The van der Waals surface area contributed by atoms with Gasteiger partial charge in [-0.05, 0) is 22.3 Å². The van der Waals surface area contributed by atoms with Gasteiger partial charge in [0.25, 0.3) is 0 Å². The highest BCUT2D eigenvalue weighted by Gasteiger charge is 2.52. The van der Waals surface area contributed by atoms with Gasteiger partial charge in [0.15, 0.2) is 18.7 Å². The first kappa shape index (κ1) is 38.7. The van der Waals surface area contributed by atoms with Crippen LogP contribution in [0.5, 0.6) is 0 Å². The van der Waals surface area contributed by atoms with Gasteiger partial charge in [-0.25, -0.2) is 4.79 Å². The van der Waals surface area contributed by atoms with Gasteiger partial charge >= 0.3 is 5.97 Å². The van der Waals surface area contributed by atoms with E-state index < -0.39 is 67.4 Å². The molecule has 2 aliphatic heterocycles. The van der Waals surface area contributed by atoms with Crippen molar-refractivity contribution in [3.63, 3.8) is 0 Å². The predicted octanol–water partition coefficient (Wildman–Crippen LogP) is 3.68. The van der Waals surface area contributed by atoms with Crippen molar-refractivity contribution in [3.8, 4) is 0 Å². The molecule has 0 radical (unpaired) electrons. The van der Waals surface area contributed by atoms with Crippen molar-refractivity contribution in [1.29, 1.82) is 0 Å². The lowest BCUT2D eigenvalue weighted by Gasteiger charge is -2.45. The fourth-order valence-corrected chi connectivity index (χ4v) is 6.31. The van der Waals surface area contributed by atoms with Gasteiger partial charge in [-0.15, -0.1) is 0 Å². The van der Waals surface area contributed by atoms with Crippen molar-refractivity contribution in [2.24, 2.45) is 0 Å². The average molecular weight is 731 g/mol. The van der Waals surface area contributed by atoms with Crippen molar-refractivity contribution in [2.45, 2.75) is 87.8 Å². The molecule has 2 aliphatic rings. The Morgan fingerprint density at radius 2 is 0.925 bits per heavy atom. The molecule has 0 saturated carbocycles. The lowest BCUT2D eigenvalue weighted by Crippen LogP contribution is -2.63. The van der Waals surface area contributed by atoms with Gasteiger partial charge in [-0.1, -0.05) is 121 Å². The van der Waals surface area contributed by atoms with Crippen LogP contribution in [0.2, 0.25) is 0 Å². The predicted molar refractivity (Wildman–Crippen MR) is 190 cm³/mol. The van der Waals surface area contributed by atoms with Crippen molar-refractivity contribution in [1.82, 2.24) is 0 Å². The maximum atomic E-state index is 12.9. The summed E-state index contributed by atoms with van der Waals surface area (Å²) in [5.74, 6) is -0.835. The number of benzene rings is 4. The summed E-state index contributed by atoms with van der Waals surface area (Å²) >= 11 is 0. The fourth-order valence-electron chi connectivity index (χ4n) is 6.31. The van der Waals surface area contributed by atoms with Crippen LogP contribution in [0.4, 0.5) is 0 Å². The summed E-state index contributed by atoms with van der Waals surface area (Å²) in [7, 11) is 1.19. The summed E-state index contributed by atoms with van der Waals surface area (Å²) in [5.41, 5.74) is 3.40. The summed E-state index contributed by atoms with van der Waals surface area (Å²) in [5, 5.41) is 34.4. The van der Waals surface area contributed by atoms with Crippen LogP contribution in [0.3, 0.4) is 0 Å². The highest BCUT2D eigenvalue weighted by atomic mass is 16.7. The molecule has 2 fully saturated rings. The van der Waals surface area contributed by atoms with Gasteiger partial charge < -0.3 is 53.2 Å². The van der Waals surface area contributed by atoms with Gasteiger partial charge in [-0.3, -0.25) is 0 Å². The Labute approximate surface area is 308 Å². The highest BCUT2D eigenvalue weighted by molar-refractivity contribution is 5.75. The maximum Gasteiger partial charge on any atom is 0.337 e. The van der Waals surface area contributed by atoms with Crippen molar-refractivity contribution in [3.05, 3.63) is 144 Å². The number of aliphatic hydroxyl groups is 3. The first-order chi connectivity index (χ1) is 25.9. The Balaban J connectivity index is 1.21. The van der Waals surface area contributed by atoms with Crippen LogP contribution in [-0.2, 0) is 69.1 Å². The second kappa shape index (κ2) is 19.3. The molecule has 4 aromatic carbocycles. The highest BCUT2D eigenvalue weighted by Crippen LogP contribution is 2.32. The molecule has 10 atom stereocenters. The van der Waals surface area contributed by atoms with Crippen molar-refractivity contribution in [2.75, 3.05) is 13.7 Å². The van der Waals surface area contributed by atoms with E-state index in [0.717, 1.165) is 22.3 Å². The lowest BCUT2D eigenvalue weighted by atomic mass is 9.97. The smallest absolute Gasteiger partial charge is 0.337 e. The van der Waals surface area contributed by atoms with Gasteiger partial charge in [0.05, 0.1) is 40.1 Å². The third kappa shape index (κ3) is 10.3. The molecular weight excluding hydrogens is 684 g/mol. The summed E-state index contributed by atoms with van der Waals surface area (Å²) in [6, 6.07) is 37.6. The number of hydrogen-bond acceptors (Lipinski definition) is 12. The van der Waals surface area contributed by atoms with E-state index in [4.69, 9.17) is 37.9 Å². The van der Waals surface area contributed by atoms with Crippen LogP contribution in [0.25, 0.3) is 0 Å². The molecular formula is C41H46O12. The standard InChI is InChI=1S/C41H46O12/c1-46-39(44)36-33(43)35(48-23-28-16-8-3-9-17-28)38(50-25-30-20-12-5-13-21-30)41(53-36)51-26-31-32(42)34(47-22-27-14-6-2-7-15-27)37(40(45)52-31)49-24-29-18-10-4-11-19-29/h2-21,31-38,40-43,45H,22-26H2,1H3/t31?,32-,33+,34?,35?,36?,37?,38?,40+,41+/m1/s1. The number of aliphatic hydroxyl groups excluding tert-OH is 3. The number of hydrogen-bond donors (Lipinski definition) is 3. The zero-order chi connectivity index (χ0) is 37.0. The third-order valence-corrected chi connectivity index (χ3v) is 9.16. The number of methoxy groups -OCH3 is 1. The van der Waals surface area contributed by atoms with Crippen LogP contribution in [0.1, 0.15) is 22.3 Å². The molecule has 0 aromatic heterocycles. The molecule has 2 saturated heterocycles. The van der Waals surface area contributed by atoms with Crippen LogP contribution >= 0.6 is 0 Å². The third-order valence-electron chi connectivity index (χ3n) is 9.16. The second-order valence-electron chi connectivity index (χ2n) is 12.9. The van der Waals surface area contributed by atoms with Crippen molar-refractivity contribution >= 4 is 5.97 Å². The minimum absolute atomic E-state index is 0.0931. The van der Waals surface area contributed by atoms with Crippen LogP contribution < -0.4 is 0 Å². The van der Waals surface area contributed by atoms with Gasteiger partial charge in [0, 0.05) is 0 Å². The first-order valence-electron chi connectivity index (χ1n) is 17.6. The molecule has 0 aliphatic carbocycles. The van der Waals surface area contributed by atoms with E-state index in [2.05, 4.69) is 0 Å². The van der Waals surface area contributed by atoms with Crippen LogP contribution in [0.15, 0.2) is 121 Å². The quantitative estimate of drug-likeness (QED) is 0.144. The Morgan fingerprint density at radius 3 is 1.36 bits per heavy atom. The zero-order valence-corrected chi connectivity index (χ0v) is 29.4. The van der Waals surface area contributed by atoms with Crippen LogP contribution in [-0.4, -0.2) is 96.4 Å². The normalized spacial score (nSPS) is 28.7. The van der Waals surface area contributed by atoms with E-state index in [1.54, 1.807) is 0 Å². The zero-order valence-electron chi connectivity index (χ0n) is 29.4. The summed E-state index contributed by atoms with van der Waals surface area (Å²) in [6.07, 6.45) is -12.5. The van der Waals surface area contributed by atoms with Gasteiger partial charge in [-0.2, -0.15) is 0 Å². The molecule has 6 rings (SSSR count). The number of carbonyl (C=O) groups excluding carboxylic acids is 1. The molecule has 0 bridgehead atoms. The molecule has 4 aromatic rings. The monoisotopic (exact) mass is 730 g/mol.